The number of halogens is 3. The van der Waals surface area contributed by atoms with Gasteiger partial charge in [-0.05, 0) is 64.2 Å². The van der Waals surface area contributed by atoms with Gasteiger partial charge in [0, 0.05) is 7.14 Å². The van der Waals surface area contributed by atoms with Crippen LogP contribution in [0.3, 0.4) is 0 Å². The average Bonchev–Trinajstić information content (AvgIpc) is 2.01. The van der Waals surface area contributed by atoms with Gasteiger partial charge in [0.2, 0.25) is 0 Å². The van der Waals surface area contributed by atoms with Crippen LogP contribution >= 0.6 is 45.2 Å². The Morgan fingerprint density at radius 2 is 2.14 bits per heavy atom. The van der Waals surface area contributed by atoms with E-state index >= 15 is 0 Å². The smallest absolute Gasteiger partial charge is 0.342 e. The zero-order chi connectivity index (χ0) is 10.7. The van der Waals surface area contributed by atoms with E-state index in [4.69, 9.17) is 4.74 Å². The molecule has 0 heterocycles. The molecule has 0 aromatic heterocycles. The van der Waals surface area contributed by atoms with Gasteiger partial charge in [-0.1, -0.05) is 0 Å². The molecule has 0 saturated heterocycles. The van der Waals surface area contributed by atoms with Crippen molar-refractivity contribution in [2.24, 2.45) is 0 Å². The number of rotatable bonds is 2. The topological polar surface area (TPSA) is 26.3 Å². The molecule has 0 amide bonds. The number of carbonyl (C=O) groups excluding carboxylic acids is 1. The summed E-state index contributed by atoms with van der Waals surface area (Å²) in [5.41, 5.74) is 0.0212. The largest absolute Gasteiger partial charge is 0.462 e. The van der Waals surface area contributed by atoms with Gasteiger partial charge in [-0.2, -0.15) is 0 Å². The van der Waals surface area contributed by atoms with Gasteiger partial charge in [0.25, 0.3) is 0 Å². The molecule has 0 saturated carbocycles. The summed E-state index contributed by atoms with van der Waals surface area (Å²) in [6.07, 6.45) is 0. The van der Waals surface area contributed by atoms with E-state index in [1.165, 1.54) is 6.07 Å². The molecule has 0 N–H and O–H groups in total. The third-order valence-electron chi connectivity index (χ3n) is 1.49. The Morgan fingerprint density at radius 3 is 2.64 bits per heavy atom. The van der Waals surface area contributed by atoms with Gasteiger partial charge in [0.1, 0.15) is 11.4 Å². The van der Waals surface area contributed by atoms with Gasteiger partial charge in [0.15, 0.2) is 0 Å². The van der Waals surface area contributed by atoms with Crippen LogP contribution in [-0.4, -0.2) is 12.6 Å². The Balaban J connectivity index is 3.14. The summed E-state index contributed by atoms with van der Waals surface area (Å²) in [6, 6.07) is 3.05. The highest BCUT2D eigenvalue weighted by molar-refractivity contribution is 14.1. The van der Waals surface area contributed by atoms with Crippen molar-refractivity contribution in [1.29, 1.82) is 0 Å². The maximum atomic E-state index is 13.4. The SMILES string of the molecule is CCOC(=O)c1c(F)cc(I)cc1I. The number of ether oxygens (including phenoxy) is 1. The normalized spacial score (nSPS) is 10.0. The van der Waals surface area contributed by atoms with E-state index < -0.39 is 11.8 Å². The van der Waals surface area contributed by atoms with Crippen LogP contribution in [0.4, 0.5) is 4.39 Å². The number of hydrogen-bond donors (Lipinski definition) is 0. The number of benzene rings is 1. The molecule has 0 bridgehead atoms. The van der Waals surface area contributed by atoms with Crippen molar-refractivity contribution < 1.29 is 13.9 Å². The Bertz CT molecular complexity index is 343. The zero-order valence-corrected chi connectivity index (χ0v) is 11.6. The fourth-order valence-electron chi connectivity index (χ4n) is 0.940. The summed E-state index contributed by atoms with van der Waals surface area (Å²) in [5.74, 6) is -1.13. The molecule has 2 nitrogen and oxygen atoms in total. The van der Waals surface area contributed by atoms with Gasteiger partial charge in [-0.15, -0.1) is 0 Å². The van der Waals surface area contributed by atoms with Crippen molar-refractivity contribution in [3.05, 3.63) is 30.7 Å². The highest BCUT2D eigenvalue weighted by Gasteiger charge is 2.17. The van der Waals surface area contributed by atoms with Crippen LogP contribution in [-0.2, 0) is 4.74 Å². The van der Waals surface area contributed by atoms with Gasteiger partial charge >= 0.3 is 5.97 Å². The molecule has 1 rings (SSSR count). The quantitative estimate of drug-likeness (QED) is 0.543. The fraction of sp³-hybridized carbons (Fsp3) is 0.222. The second kappa shape index (κ2) is 5.24. The maximum absolute atomic E-state index is 13.4. The van der Waals surface area contributed by atoms with Crippen molar-refractivity contribution in [3.63, 3.8) is 0 Å². The van der Waals surface area contributed by atoms with Crippen LogP contribution in [0.2, 0.25) is 0 Å². The summed E-state index contributed by atoms with van der Waals surface area (Å²) < 4.78 is 19.5. The molecule has 0 aliphatic heterocycles. The Labute approximate surface area is 108 Å². The van der Waals surface area contributed by atoms with Gasteiger partial charge in [-0.3, -0.25) is 0 Å². The van der Waals surface area contributed by atoms with Crippen molar-refractivity contribution in [2.75, 3.05) is 6.61 Å². The van der Waals surface area contributed by atoms with Crippen LogP contribution in [0, 0.1) is 13.0 Å². The third kappa shape index (κ3) is 2.78. The summed E-state index contributed by atoms with van der Waals surface area (Å²) in [7, 11) is 0. The molecule has 5 heteroatoms. The van der Waals surface area contributed by atoms with E-state index in [2.05, 4.69) is 0 Å². The highest BCUT2D eigenvalue weighted by atomic mass is 127. The predicted octanol–water partition coefficient (Wildman–Crippen LogP) is 3.21. The minimum atomic E-state index is -0.606. The lowest BCUT2D eigenvalue weighted by atomic mass is 10.2. The molecular weight excluding hydrogens is 413 g/mol. The molecular formula is C9H7FI2O2. The van der Waals surface area contributed by atoms with E-state index in [0.717, 1.165) is 3.57 Å². The summed E-state index contributed by atoms with van der Waals surface area (Å²) >= 11 is 3.92. The lowest BCUT2D eigenvalue weighted by Crippen LogP contribution is -2.09. The molecule has 14 heavy (non-hydrogen) atoms. The number of hydrogen-bond acceptors (Lipinski definition) is 2. The van der Waals surface area contributed by atoms with E-state index in [1.807, 2.05) is 45.2 Å². The Hall–Kier alpha value is 0.0800. The van der Waals surface area contributed by atoms with Crippen molar-refractivity contribution in [2.45, 2.75) is 6.92 Å². The van der Waals surface area contributed by atoms with Crippen LogP contribution in [0.5, 0.6) is 0 Å². The lowest BCUT2D eigenvalue weighted by Gasteiger charge is -2.05. The van der Waals surface area contributed by atoms with E-state index in [-0.39, 0.29) is 12.2 Å². The molecule has 0 atom stereocenters. The molecule has 0 unspecified atom stereocenters. The van der Waals surface area contributed by atoms with E-state index in [1.54, 1.807) is 13.0 Å². The average molecular weight is 420 g/mol. The monoisotopic (exact) mass is 420 g/mol. The van der Waals surface area contributed by atoms with E-state index in [9.17, 15) is 9.18 Å². The Morgan fingerprint density at radius 1 is 1.50 bits per heavy atom. The third-order valence-corrected chi connectivity index (χ3v) is 2.96. The molecule has 0 spiro atoms. The molecule has 0 radical (unpaired) electrons. The van der Waals surface area contributed by atoms with Crippen molar-refractivity contribution >= 4 is 51.2 Å². The number of carbonyl (C=O) groups is 1. The van der Waals surface area contributed by atoms with Crippen LogP contribution in [0.15, 0.2) is 12.1 Å². The van der Waals surface area contributed by atoms with Gasteiger partial charge < -0.3 is 4.74 Å². The van der Waals surface area contributed by atoms with Gasteiger partial charge in [-0.25, -0.2) is 9.18 Å². The summed E-state index contributed by atoms with van der Waals surface area (Å²) in [5, 5.41) is 0. The molecule has 1 aromatic rings. The van der Waals surface area contributed by atoms with E-state index in [0.29, 0.717) is 3.57 Å². The molecule has 0 aliphatic carbocycles. The first-order chi connectivity index (χ1) is 6.56. The zero-order valence-electron chi connectivity index (χ0n) is 7.31. The first-order valence-corrected chi connectivity index (χ1v) is 6.03. The number of esters is 1. The minimum Gasteiger partial charge on any atom is -0.462 e. The fourth-order valence-corrected chi connectivity index (χ4v) is 2.93. The second-order valence-electron chi connectivity index (χ2n) is 2.46. The molecule has 1 aromatic carbocycles. The Kier molecular flexibility index (Phi) is 4.55. The van der Waals surface area contributed by atoms with Crippen molar-refractivity contribution in [3.8, 4) is 0 Å². The molecule has 0 aliphatic rings. The van der Waals surface area contributed by atoms with Crippen LogP contribution in [0.25, 0.3) is 0 Å². The van der Waals surface area contributed by atoms with Crippen LogP contribution in [0.1, 0.15) is 17.3 Å². The maximum Gasteiger partial charge on any atom is 0.342 e. The summed E-state index contributed by atoms with van der Waals surface area (Å²) in [6.45, 7) is 1.94. The highest BCUT2D eigenvalue weighted by Crippen LogP contribution is 2.20. The predicted molar refractivity (Wildman–Crippen MR) is 67.8 cm³/mol. The first-order valence-electron chi connectivity index (χ1n) is 3.88. The van der Waals surface area contributed by atoms with Gasteiger partial charge in [0.05, 0.1) is 6.61 Å². The van der Waals surface area contributed by atoms with Crippen molar-refractivity contribution in [1.82, 2.24) is 0 Å². The van der Waals surface area contributed by atoms with Crippen LogP contribution < -0.4 is 0 Å². The molecule has 0 fully saturated rings. The lowest BCUT2D eigenvalue weighted by molar-refractivity contribution is 0.0519. The standard InChI is InChI=1S/C9H7FI2O2/c1-2-14-9(13)8-6(10)3-5(11)4-7(8)12/h3-4H,2H2,1H3. The first kappa shape index (κ1) is 12.2. The summed E-state index contributed by atoms with van der Waals surface area (Å²) in [4.78, 5) is 11.3. The second-order valence-corrected chi connectivity index (χ2v) is 4.87. The molecule has 76 valence electrons. The minimum absolute atomic E-state index is 0.0212.